The van der Waals surface area contributed by atoms with Gasteiger partial charge in [-0.3, -0.25) is 4.98 Å². The zero-order valence-corrected chi connectivity index (χ0v) is 11.3. The number of carbonyl (C=O) groups excluding carboxylic acids is 1. The number of rotatable bonds is 3. The van der Waals surface area contributed by atoms with Crippen molar-refractivity contribution in [2.24, 2.45) is 0 Å². The fourth-order valence-electron chi connectivity index (χ4n) is 1.84. The smallest absolute Gasteiger partial charge is 0.330 e. The zero-order chi connectivity index (χ0) is 14.5. The average Bonchev–Trinajstić information content (AvgIpc) is 2.48. The topological polar surface area (TPSA) is 39.2 Å². The van der Waals surface area contributed by atoms with Gasteiger partial charge in [-0.25, -0.2) is 9.18 Å². The Hall–Kier alpha value is -2.49. The van der Waals surface area contributed by atoms with Crippen molar-refractivity contribution < 1.29 is 13.9 Å². The molecule has 2 rings (SSSR count). The lowest BCUT2D eigenvalue weighted by atomic mass is 9.99. The fourth-order valence-corrected chi connectivity index (χ4v) is 1.84. The van der Waals surface area contributed by atoms with Crippen LogP contribution in [0.1, 0.15) is 12.5 Å². The van der Waals surface area contributed by atoms with Crippen molar-refractivity contribution in [1.29, 1.82) is 0 Å². The third-order valence-electron chi connectivity index (χ3n) is 2.95. The molecule has 0 saturated carbocycles. The van der Waals surface area contributed by atoms with Gasteiger partial charge in [-0.05, 0) is 47.9 Å². The average molecular weight is 271 g/mol. The summed E-state index contributed by atoms with van der Waals surface area (Å²) in [6.07, 6.45) is 4.60. The lowest BCUT2D eigenvalue weighted by molar-refractivity contribution is -0.134. The largest absolute Gasteiger partial charge is 0.466 e. The van der Waals surface area contributed by atoms with Gasteiger partial charge >= 0.3 is 5.97 Å². The predicted molar refractivity (Wildman–Crippen MR) is 75.3 cm³/mol. The molecule has 0 bridgehead atoms. The molecule has 0 radical (unpaired) electrons. The lowest BCUT2D eigenvalue weighted by Crippen LogP contribution is -1.96. The van der Waals surface area contributed by atoms with Crippen molar-refractivity contribution in [2.45, 2.75) is 6.92 Å². The molecular formula is C16H14FNO2. The number of hydrogen-bond donors (Lipinski definition) is 0. The van der Waals surface area contributed by atoms with Crippen molar-refractivity contribution in [3.8, 4) is 11.1 Å². The standard InChI is InChI=1S/C16H14FNO2/c1-11(9-16(19)20-2)13-3-4-15(17)14(10-13)12-5-7-18-8-6-12/h3-10H,1-2H3/b11-9+. The van der Waals surface area contributed by atoms with Crippen LogP contribution in [-0.4, -0.2) is 18.1 Å². The van der Waals surface area contributed by atoms with Crippen molar-refractivity contribution in [3.63, 3.8) is 0 Å². The van der Waals surface area contributed by atoms with Crippen LogP contribution < -0.4 is 0 Å². The number of benzene rings is 1. The van der Waals surface area contributed by atoms with Crippen LogP contribution in [0.5, 0.6) is 0 Å². The molecule has 0 fully saturated rings. The van der Waals surface area contributed by atoms with Crippen molar-refractivity contribution >= 4 is 11.5 Å². The number of ether oxygens (including phenoxy) is 1. The molecule has 20 heavy (non-hydrogen) atoms. The normalized spacial score (nSPS) is 11.2. The monoisotopic (exact) mass is 271 g/mol. The minimum atomic E-state index is -0.433. The molecule has 0 amide bonds. The molecule has 0 aliphatic heterocycles. The van der Waals surface area contributed by atoms with Crippen LogP contribution >= 0.6 is 0 Å². The van der Waals surface area contributed by atoms with Gasteiger partial charge in [0.2, 0.25) is 0 Å². The Morgan fingerprint density at radius 3 is 2.60 bits per heavy atom. The number of nitrogens with zero attached hydrogens (tertiary/aromatic N) is 1. The molecule has 1 aromatic carbocycles. The van der Waals surface area contributed by atoms with Crippen molar-refractivity contribution in [1.82, 2.24) is 4.98 Å². The molecule has 0 unspecified atom stereocenters. The Labute approximate surface area is 116 Å². The highest BCUT2D eigenvalue weighted by molar-refractivity contribution is 5.91. The molecule has 0 aliphatic carbocycles. The molecule has 3 nitrogen and oxygen atoms in total. The van der Waals surface area contributed by atoms with E-state index in [1.54, 1.807) is 43.6 Å². The molecule has 1 heterocycles. The molecular weight excluding hydrogens is 257 g/mol. The zero-order valence-electron chi connectivity index (χ0n) is 11.3. The van der Waals surface area contributed by atoms with Crippen LogP contribution in [-0.2, 0) is 9.53 Å². The van der Waals surface area contributed by atoms with E-state index in [0.29, 0.717) is 11.1 Å². The van der Waals surface area contributed by atoms with Crippen molar-refractivity contribution in [3.05, 3.63) is 60.2 Å². The first-order valence-electron chi connectivity index (χ1n) is 6.08. The summed E-state index contributed by atoms with van der Waals surface area (Å²) < 4.78 is 18.5. The minimum absolute atomic E-state index is 0.314. The number of aromatic nitrogens is 1. The maximum Gasteiger partial charge on any atom is 0.330 e. The molecule has 2 aromatic rings. The summed E-state index contributed by atoms with van der Waals surface area (Å²) in [5.41, 5.74) is 2.70. The number of halogens is 1. The summed E-state index contributed by atoms with van der Waals surface area (Å²) in [5.74, 6) is -0.747. The SMILES string of the molecule is COC(=O)/C=C(\C)c1ccc(F)c(-c2ccncc2)c1. The number of esters is 1. The van der Waals surface area contributed by atoms with Crippen LogP contribution in [0.2, 0.25) is 0 Å². The highest BCUT2D eigenvalue weighted by Crippen LogP contribution is 2.26. The van der Waals surface area contributed by atoms with E-state index < -0.39 is 5.97 Å². The summed E-state index contributed by atoms with van der Waals surface area (Å²) in [6.45, 7) is 1.78. The Morgan fingerprint density at radius 1 is 1.25 bits per heavy atom. The van der Waals surface area contributed by atoms with E-state index in [1.165, 1.54) is 19.3 Å². The van der Waals surface area contributed by atoms with Crippen LogP contribution in [0, 0.1) is 5.82 Å². The van der Waals surface area contributed by atoms with Gasteiger partial charge in [0.05, 0.1) is 7.11 Å². The van der Waals surface area contributed by atoms with Gasteiger partial charge in [-0.15, -0.1) is 0 Å². The van der Waals surface area contributed by atoms with Gasteiger partial charge in [-0.2, -0.15) is 0 Å². The molecule has 4 heteroatoms. The van der Waals surface area contributed by atoms with Gasteiger partial charge < -0.3 is 4.74 Å². The van der Waals surface area contributed by atoms with Gasteiger partial charge in [0, 0.05) is 24.0 Å². The molecule has 1 aromatic heterocycles. The van der Waals surface area contributed by atoms with Crippen LogP contribution in [0.15, 0.2) is 48.8 Å². The van der Waals surface area contributed by atoms with E-state index >= 15 is 0 Å². The lowest BCUT2D eigenvalue weighted by Gasteiger charge is -2.07. The molecule has 0 atom stereocenters. The number of pyridine rings is 1. The number of hydrogen-bond acceptors (Lipinski definition) is 3. The van der Waals surface area contributed by atoms with Gasteiger partial charge in [0.15, 0.2) is 0 Å². The van der Waals surface area contributed by atoms with E-state index in [1.807, 2.05) is 0 Å². The quantitative estimate of drug-likeness (QED) is 0.634. The van der Waals surface area contributed by atoms with Gasteiger partial charge in [0.1, 0.15) is 5.82 Å². The highest BCUT2D eigenvalue weighted by Gasteiger charge is 2.08. The number of methoxy groups -OCH3 is 1. The van der Waals surface area contributed by atoms with Gasteiger partial charge in [-0.1, -0.05) is 6.07 Å². The van der Waals surface area contributed by atoms with Crippen LogP contribution in [0.3, 0.4) is 0 Å². The molecule has 0 aliphatic rings. The van der Waals surface area contributed by atoms with Gasteiger partial charge in [0.25, 0.3) is 0 Å². The molecule has 102 valence electrons. The second-order valence-electron chi connectivity index (χ2n) is 4.28. The third-order valence-corrected chi connectivity index (χ3v) is 2.95. The van der Waals surface area contributed by atoms with Crippen LogP contribution in [0.4, 0.5) is 4.39 Å². The summed E-state index contributed by atoms with van der Waals surface area (Å²) in [4.78, 5) is 15.1. The Kier molecular flexibility index (Phi) is 4.25. The van der Waals surface area contributed by atoms with Crippen molar-refractivity contribution in [2.75, 3.05) is 7.11 Å². The first-order valence-corrected chi connectivity index (χ1v) is 6.08. The number of carbonyl (C=O) groups is 1. The second-order valence-corrected chi connectivity index (χ2v) is 4.28. The third kappa shape index (κ3) is 3.09. The molecule has 0 spiro atoms. The summed E-state index contributed by atoms with van der Waals surface area (Å²) >= 11 is 0. The molecule has 0 saturated heterocycles. The maximum atomic E-state index is 13.9. The first-order chi connectivity index (χ1) is 9.61. The summed E-state index contributed by atoms with van der Waals surface area (Å²) in [7, 11) is 1.32. The van der Waals surface area contributed by atoms with E-state index in [-0.39, 0.29) is 5.82 Å². The highest BCUT2D eigenvalue weighted by atomic mass is 19.1. The van der Waals surface area contributed by atoms with E-state index in [9.17, 15) is 9.18 Å². The summed E-state index contributed by atoms with van der Waals surface area (Å²) in [6, 6.07) is 8.21. The second kappa shape index (κ2) is 6.10. The Bertz CT molecular complexity index is 651. The first kappa shape index (κ1) is 13.9. The van der Waals surface area contributed by atoms with Crippen LogP contribution in [0.25, 0.3) is 16.7 Å². The fraction of sp³-hybridized carbons (Fsp3) is 0.125. The number of allylic oxidation sites excluding steroid dienone is 1. The van der Waals surface area contributed by atoms with E-state index in [0.717, 1.165) is 11.1 Å². The molecule has 0 N–H and O–H groups in total. The van der Waals surface area contributed by atoms with E-state index in [4.69, 9.17) is 0 Å². The van der Waals surface area contributed by atoms with E-state index in [2.05, 4.69) is 9.72 Å². The predicted octanol–water partition coefficient (Wildman–Crippen LogP) is 3.46. The summed E-state index contributed by atoms with van der Waals surface area (Å²) in [5, 5.41) is 0. The Balaban J connectivity index is 2.44. The maximum absolute atomic E-state index is 13.9. The Morgan fingerprint density at radius 2 is 1.95 bits per heavy atom. The minimum Gasteiger partial charge on any atom is -0.466 e.